The summed E-state index contributed by atoms with van der Waals surface area (Å²) in [5.74, 6) is 0. The summed E-state index contributed by atoms with van der Waals surface area (Å²) in [7, 11) is 2.21. The lowest BCUT2D eigenvalue weighted by atomic mass is 10.2. The van der Waals surface area contributed by atoms with Crippen LogP contribution in [0.1, 0.15) is 29.1 Å². The zero-order valence-electron chi connectivity index (χ0n) is 11.6. The van der Waals surface area contributed by atoms with E-state index in [9.17, 15) is 0 Å². The highest BCUT2D eigenvalue weighted by molar-refractivity contribution is 7.12. The van der Waals surface area contributed by atoms with E-state index in [0.29, 0.717) is 6.04 Å². The first-order valence-electron chi connectivity index (χ1n) is 6.96. The topological polar surface area (TPSA) is 32.5 Å². The van der Waals surface area contributed by atoms with Crippen molar-refractivity contribution >= 4 is 11.3 Å². The minimum Gasteiger partial charge on any atom is -0.329 e. The molecule has 1 unspecified atom stereocenters. The molecule has 1 fully saturated rings. The molecule has 3 nitrogen and oxygen atoms in total. The molecule has 18 heavy (non-hydrogen) atoms. The van der Waals surface area contributed by atoms with Crippen LogP contribution < -0.4 is 5.73 Å². The minimum absolute atomic E-state index is 0.418. The van der Waals surface area contributed by atoms with Crippen LogP contribution in [0.3, 0.4) is 0 Å². The summed E-state index contributed by atoms with van der Waals surface area (Å²) >= 11 is 1.93. The molecule has 0 aromatic carbocycles. The van der Waals surface area contributed by atoms with E-state index in [1.165, 1.54) is 29.3 Å². The zero-order chi connectivity index (χ0) is 13.0. The second-order valence-electron chi connectivity index (χ2n) is 5.10. The molecule has 1 saturated heterocycles. The Kier molecular flexibility index (Phi) is 5.18. The molecule has 0 spiro atoms. The van der Waals surface area contributed by atoms with Crippen LogP contribution in [0.4, 0.5) is 0 Å². The Morgan fingerprint density at radius 1 is 1.28 bits per heavy atom. The normalized spacial score (nSPS) is 20.8. The van der Waals surface area contributed by atoms with E-state index in [0.717, 1.165) is 26.1 Å². The van der Waals surface area contributed by atoms with Crippen molar-refractivity contribution in [3.8, 4) is 0 Å². The van der Waals surface area contributed by atoms with E-state index in [1.807, 2.05) is 11.3 Å². The van der Waals surface area contributed by atoms with Gasteiger partial charge in [0.25, 0.3) is 0 Å². The van der Waals surface area contributed by atoms with E-state index in [2.05, 4.69) is 35.9 Å². The number of likely N-dealkylation sites (N-methyl/N-ethyl adjacent to an activating group) is 1. The molecule has 1 aliphatic rings. The molecule has 0 radical (unpaired) electrons. The Morgan fingerprint density at radius 2 is 2.11 bits per heavy atom. The lowest BCUT2D eigenvalue weighted by molar-refractivity contribution is 0.211. The van der Waals surface area contributed by atoms with Crippen molar-refractivity contribution in [2.45, 2.75) is 25.8 Å². The molecule has 0 bridgehead atoms. The van der Waals surface area contributed by atoms with Gasteiger partial charge in [-0.1, -0.05) is 6.92 Å². The number of thiophene rings is 1. The van der Waals surface area contributed by atoms with Gasteiger partial charge in [0.2, 0.25) is 0 Å². The second kappa shape index (κ2) is 6.66. The number of rotatable bonds is 4. The second-order valence-corrected chi connectivity index (χ2v) is 6.30. The van der Waals surface area contributed by atoms with E-state index in [-0.39, 0.29) is 0 Å². The van der Waals surface area contributed by atoms with Crippen LogP contribution in [0.5, 0.6) is 0 Å². The molecule has 2 N–H and O–H groups in total. The van der Waals surface area contributed by atoms with Crippen LogP contribution >= 0.6 is 11.3 Å². The zero-order valence-corrected chi connectivity index (χ0v) is 12.4. The van der Waals surface area contributed by atoms with E-state index in [1.54, 1.807) is 0 Å². The van der Waals surface area contributed by atoms with Crippen molar-refractivity contribution in [3.05, 3.63) is 21.9 Å². The largest absolute Gasteiger partial charge is 0.329 e. The van der Waals surface area contributed by atoms with Gasteiger partial charge < -0.3 is 10.6 Å². The number of nitrogens with two attached hydrogens (primary N) is 1. The summed E-state index contributed by atoms with van der Waals surface area (Å²) in [6.07, 6.45) is 2.38. The predicted molar refractivity (Wildman–Crippen MR) is 79.2 cm³/mol. The van der Waals surface area contributed by atoms with Crippen molar-refractivity contribution in [2.75, 3.05) is 39.8 Å². The average molecular weight is 267 g/mol. The summed E-state index contributed by atoms with van der Waals surface area (Å²) in [4.78, 5) is 7.89. The molecule has 0 saturated carbocycles. The van der Waals surface area contributed by atoms with Crippen LogP contribution in [-0.4, -0.2) is 49.6 Å². The first-order valence-corrected chi connectivity index (χ1v) is 7.77. The fourth-order valence-corrected chi connectivity index (χ4v) is 3.69. The molecule has 2 heterocycles. The van der Waals surface area contributed by atoms with Crippen LogP contribution in [0, 0.1) is 0 Å². The van der Waals surface area contributed by atoms with Gasteiger partial charge in [-0.05, 0) is 38.6 Å². The summed E-state index contributed by atoms with van der Waals surface area (Å²) in [6.45, 7) is 7.62. The van der Waals surface area contributed by atoms with Crippen LogP contribution in [0.15, 0.2) is 12.1 Å². The van der Waals surface area contributed by atoms with Gasteiger partial charge in [0.15, 0.2) is 0 Å². The van der Waals surface area contributed by atoms with Crippen molar-refractivity contribution < 1.29 is 0 Å². The Morgan fingerprint density at radius 3 is 2.78 bits per heavy atom. The molecule has 1 aliphatic heterocycles. The summed E-state index contributed by atoms with van der Waals surface area (Å²) in [5, 5.41) is 0. The Bertz CT molecular complexity index is 364. The summed E-state index contributed by atoms with van der Waals surface area (Å²) in [5.41, 5.74) is 6.02. The van der Waals surface area contributed by atoms with Gasteiger partial charge in [0.1, 0.15) is 0 Å². The van der Waals surface area contributed by atoms with Gasteiger partial charge in [-0.15, -0.1) is 11.3 Å². The summed E-state index contributed by atoms with van der Waals surface area (Å²) < 4.78 is 0. The summed E-state index contributed by atoms with van der Waals surface area (Å²) in [6, 6.07) is 4.95. The van der Waals surface area contributed by atoms with Crippen molar-refractivity contribution in [1.29, 1.82) is 0 Å². The first-order chi connectivity index (χ1) is 8.74. The molecule has 1 aromatic rings. The fraction of sp³-hybridized carbons (Fsp3) is 0.714. The number of hydrogen-bond donors (Lipinski definition) is 1. The highest BCUT2D eigenvalue weighted by Crippen LogP contribution is 2.28. The van der Waals surface area contributed by atoms with Gasteiger partial charge in [-0.25, -0.2) is 0 Å². The maximum atomic E-state index is 6.02. The molecule has 1 atom stereocenters. The van der Waals surface area contributed by atoms with Gasteiger partial charge in [-0.2, -0.15) is 0 Å². The van der Waals surface area contributed by atoms with E-state index in [4.69, 9.17) is 5.73 Å². The molecule has 102 valence electrons. The van der Waals surface area contributed by atoms with E-state index >= 15 is 0 Å². The predicted octanol–water partition coefficient (Wildman–Crippen LogP) is 1.95. The van der Waals surface area contributed by atoms with Crippen LogP contribution in [0.25, 0.3) is 0 Å². The monoisotopic (exact) mass is 267 g/mol. The fourth-order valence-electron chi connectivity index (χ4n) is 2.59. The third-order valence-electron chi connectivity index (χ3n) is 3.78. The third kappa shape index (κ3) is 3.32. The lowest BCUT2D eigenvalue weighted by Gasteiger charge is -2.28. The standard InChI is InChI=1S/C14H25N3S/c1-3-12-5-6-14(18-12)13(11-15)17-8-4-7-16(2)9-10-17/h5-6,13H,3-4,7-11,15H2,1-2H3. The average Bonchev–Trinajstić information content (AvgIpc) is 2.75. The van der Waals surface area contributed by atoms with Crippen molar-refractivity contribution in [1.82, 2.24) is 9.80 Å². The SMILES string of the molecule is CCc1ccc(C(CN)N2CCCN(C)CC2)s1. The number of nitrogens with zero attached hydrogens (tertiary/aromatic N) is 2. The maximum absolute atomic E-state index is 6.02. The molecule has 4 heteroatoms. The number of aryl methyl sites for hydroxylation is 1. The van der Waals surface area contributed by atoms with Crippen LogP contribution in [0.2, 0.25) is 0 Å². The minimum atomic E-state index is 0.418. The first kappa shape index (κ1) is 14.0. The van der Waals surface area contributed by atoms with Crippen molar-refractivity contribution in [2.24, 2.45) is 5.73 Å². The molecule has 0 amide bonds. The third-order valence-corrected chi connectivity index (χ3v) is 5.11. The van der Waals surface area contributed by atoms with Gasteiger partial charge in [0, 0.05) is 35.9 Å². The quantitative estimate of drug-likeness (QED) is 0.905. The van der Waals surface area contributed by atoms with Gasteiger partial charge in [-0.3, -0.25) is 4.90 Å². The molecular weight excluding hydrogens is 242 g/mol. The number of hydrogen-bond acceptors (Lipinski definition) is 4. The van der Waals surface area contributed by atoms with Crippen LogP contribution in [-0.2, 0) is 6.42 Å². The van der Waals surface area contributed by atoms with Gasteiger partial charge in [0.05, 0.1) is 6.04 Å². The lowest BCUT2D eigenvalue weighted by Crippen LogP contribution is -2.36. The Balaban J connectivity index is 2.07. The molecular formula is C14H25N3S. The highest BCUT2D eigenvalue weighted by atomic mass is 32.1. The molecule has 1 aromatic heterocycles. The van der Waals surface area contributed by atoms with Crippen molar-refractivity contribution in [3.63, 3.8) is 0 Å². The van der Waals surface area contributed by atoms with E-state index < -0.39 is 0 Å². The Labute approximate surface area is 115 Å². The molecule has 0 aliphatic carbocycles. The van der Waals surface area contributed by atoms with Gasteiger partial charge >= 0.3 is 0 Å². The molecule has 2 rings (SSSR count). The smallest absolute Gasteiger partial charge is 0.0564 e. The highest BCUT2D eigenvalue weighted by Gasteiger charge is 2.22. The maximum Gasteiger partial charge on any atom is 0.0564 e. The Hall–Kier alpha value is -0.420.